The number of likely N-dealkylation sites (tertiary alicyclic amines) is 1. The van der Waals surface area contributed by atoms with Crippen LogP contribution in [0.3, 0.4) is 0 Å². The Kier molecular flexibility index (Phi) is 11.5. The standard InChI is InChI=1S/C20H30ClN3O2.2ClH/c1-26-19-8-7-16(21)14-18(19)20(25)24(17-6-5-9-22-15-17)13-12-23-10-3-2-4-11-23;;/h7-8,14,17,22H,2-6,9-13,15H2,1H3;2*1H. The molecule has 0 bridgehead atoms. The van der Waals surface area contributed by atoms with Gasteiger partial charge in [0.05, 0.1) is 12.7 Å². The first-order valence-corrected chi connectivity index (χ1v) is 10.1. The van der Waals surface area contributed by atoms with Crippen LogP contribution in [-0.2, 0) is 0 Å². The average molecular weight is 453 g/mol. The van der Waals surface area contributed by atoms with Crippen molar-refractivity contribution < 1.29 is 9.53 Å². The Balaban J connectivity index is 0.00000196. The zero-order valence-electron chi connectivity index (χ0n) is 16.5. The van der Waals surface area contributed by atoms with Gasteiger partial charge in [-0.05, 0) is 63.5 Å². The van der Waals surface area contributed by atoms with E-state index in [9.17, 15) is 4.79 Å². The summed E-state index contributed by atoms with van der Waals surface area (Å²) in [5.74, 6) is 0.612. The molecule has 2 fully saturated rings. The molecule has 0 aromatic heterocycles. The van der Waals surface area contributed by atoms with Gasteiger partial charge in [0.1, 0.15) is 5.75 Å². The third-order valence-electron chi connectivity index (χ3n) is 5.47. The Hall–Kier alpha value is -0.720. The third-order valence-corrected chi connectivity index (χ3v) is 5.71. The lowest BCUT2D eigenvalue weighted by Crippen LogP contribution is -2.51. The number of hydrogen-bond acceptors (Lipinski definition) is 4. The number of piperidine rings is 2. The number of hydrogen-bond donors (Lipinski definition) is 1. The fraction of sp³-hybridized carbons (Fsp3) is 0.650. The minimum atomic E-state index is 0. The van der Waals surface area contributed by atoms with Crippen LogP contribution >= 0.6 is 36.4 Å². The van der Waals surface area contributed by atoms with Gasteiger partial charge in [-0.1, -0.05) is 18.0 Å². The predicted octanol–water partition coefficient (Wildman–Crippen LogP) is 3.87. The van der Waals surface area contributed by atoms with Crippen LogP contribution < -0.4 is 10.1 Å². The van der Waals surface area contributed by atoms with Gasteiger partial charge in [0, 0.05) is 30.7 Å². The van der Waals surface area contributed by atoms with Gasteiger partial charge in [-0.25, -0.2) is 0 Å². The fourth-order valence-corrected chi connectivity index (χ4v) is 4.16. The lowest BCUT2D eigenvalue weighted by atomic mass is 10.0. The zero-order valence-corrected chi connectivity index (χ0v) is 18.9. The molecule has 2 heterocycles. The normalized spacial score (nSPS) is 19.9. The van der Waals surface area contributed by atoms with Crippen LogP contribution in [-0.4, -0.2) is 68.1 Å². The Morgan fingerprint density at radius 3 is 2.64 bits per heavy atom. The smallest absolute Gasteiger partial charge is 0.258 e. The minimum absolute atomic E-state index is 0. The summed E-state index contributed by atoms with van der Waals surface area (Å²) >= 11 is 6.16. The maximum atomic E-state index is 13.4. The first-order valence-electron chi connectivity index (χ1n) is 9.76. The van der Waals surface area contributed by atoms with E-state index < -0.39 is 0 Å². The van der Waals surface area contributed by atoms with Crippen molar-refractivity contribution in [1.82, 2.24) is 15.1 Å². The Morgan fingerprint density at radius 1 is 1.25 bits per heavy atom. The van der Waals surface area contributed by atoms with Crippen molar-refractivity contribution >= 4 is 42.3 Å². The molecule has 1 amide bonds. The summed E-state index contributed by atoms with van der Waals surface area (Å²) in [5, 5.41) is 4.00. The molecule has 160 valence electrons. The summed E-state index contributed by atoms with van der Waals surface area (Å²) in [7, 11) is 1.60. The van der Waals surface area contributed by atoms with Gasteiger partial charge in [0.15, 0.2) is 0 Å². The molecule has 0 radical (unpaired) electrons. The van der Waals surface area contributed by atoms with Gasteiger partial charge < -0.3 is 19.9 Å². The zero-order chi connectivity index (χ0) is 18.4. The van der Waals surface area contributed by atoms with E-state index >= 15 is 0 Å². The summed E-state index contributed by atoms with van der Waals surface area (Å²) < 4.78 is 5.42. The number of nitrogens with zero attached hydrogens (tertiary/aromatic N) is 2. The van der Waals surface area contributed by atoms with Crippen molar-refractivity contribution in [2.24, 2.45) is 0 Å². The number of ether oxygens (including phenoxy) is 1. The third kappa shape index (κ3) is 6.67. The molecule has 1 aromatic carbocycles. The van der Waals surface area contributed by atoms with E-state index in [1.165, 1.54) is 19.3 Å². The summed E-state index contributed by atoms with van der Waals surface area (Å²) in [6.45, 7) is 5.86. The summed E-state index contributed by atoms with van der Waals surface area (Å²) in [5.41, 5.74) is 0.559. The molecule has 28 heavy (non-hydrogen) atoms. The number of carbonyl (C=O) groups excluding carboxylic acids is 1. The van der Waals surface area contributed by atoms with E-state index in [1.54, 1.807) is 25.3 Å². The predicted molar refractivity (Wildman–Crippen MR) is 120 cm³/mol. The lowest BCUT2D eigenvalue weighted by Gasteiger charge is -2.37. The molecular formula is C20H32Cl3N3O2. The maximum Gasteiger partial charge on any atom is 0.258 e. The number of nitrogens with one attached hydrogen (secondary N) is 1. The van der Waals surface area contributed by atoms with Crippen LogP contribution in [0.1, 0.15) is 42.5 Å². The molecule has 1 aromatic rings. The average Bonchev–Trinajstić information content (AvgIpc) is 2.69. The van der Waals surface area contributed by atoms with Crippen molar-refractivity contribution in [1.29, 1.82) is 0 Å². The van der Waals surface area contributed by atoms with Gasteiger partial charge in [-0.15, -0.1) is 24.8 Å². The highest BCUT2D eigenvalue weighted by Crippen LogP contribution is 2.26. The molecular weight excluding hydrogens is 421 g/mol. The SMILES string of the molecule is COc1ccc(Cl)cc1C(=O)N(CCN1CCCCC1)C1CCCNC1.Cl.Cl. The van der Waals surface area contributed by atoms with Gasteiger partial charge in [-0.2, -0.15) is 0 Å². The van der Waals surface area contributed by atoms with Crippen molar-refractivity contribution in [3.8, 4) is 5.75 Å². The van der Waals surface area contributed by atoms with Crippen molar-refractivity contribution in [2.75, 3.05) is 46.4 Å². The monoisotopic (exact) mass is 451 g/mol. The molecule has 0 aliphatic carbocycles. The van der Waals surface area contributed by atoms with Crippen LogP contribution in [0.25, 0.3) is 0 Å². The molecule has 2 saturated heterocycles. The molecule has 0 spiro atoms. The first kappa shape index (κ1) is 25.3. The number of rotatable bonds is 6. The number of methoxy groups -OCH3 is 1. The molecule has 2 aliphatic rings. The van der Waals surface area contributed by atoms with E-state index in [0.717, 1.165) is 52.1 Å². The van der Waals surface area contributed by atoms with Gasteiger partial charge >= 0.3 is 0 Å². The van der Waals surface area contributed by atoms with Crippen LogP contribution in [0, 0.1) is 0 Å². The molecule has 5 nitrogen and oxygen atoms in total. The van der Waals surface area contributed by atoms with Gasteiger partial charge in [-0.3, -0.25) is 4.79 Å². The number of benzene rings is 1. The van der Waals surface area contributed by atoms with E-state index in [1.807, 2.05) is 4.90 Å². The molecule has 1 N–H and O–H groups in total. The van der Waals surface area contributed by atoms with Gasteiger partial charge in [0.25, 0.3) is 5.91 Å². The van der Waals surface area contributed by atoms with Crippen molar-refractivity contribution in [3.63, 3.8) is 0 Å². The number of amides is 1. The Morgan fingerprint density at radius 2 is 2.00 bits per heavy atom. The minimum Gasteiger partial charge on any atom is -0.496 e. The number of carbonyl (C=O) groups is 1. The van der Waals surface area contributed by atoms with E-state index in [-0.39, 0.29) is 36.8 Å². The topological polar surface area (TPSA) is 44.8 Å². The second kappa shape index (κ2) is 12.8. The summed E-state index contributed by atoms with van der Waals surface area (Å²) in [6.07, 6.45) is 6.00. The Bertz CT molecular complexity index is 606. The molecule has 1 unspecified atom stereocenters. The van der Waals surface area contributed by atoms with E-state index in [2.05, 4.69) is 10.2 Å². The van der Waals surface area contributed by atoms with Crippen LogP contribution in [0.15, 0.2) is 18.2 Å². The summed E-state index contributed by atoms with van der Waals surface area (Å²) in [4.78, 5) is 17.9. The van der Waals surface area contributed by atoms with Crippen molar-refractivity contribution in [2.45, 2.75) is 38.1 Å². The fourth-order valence-electron chi connectivity index (χ4n) is 3.98. The van der Waals surface area contributed by atoms with Gasteiger partial charge in [0.2, 0.25) is 0 Å². The summed E-state index contributed by atoms with van der Waals surface area (Å²) in [6, 6.07) is 5.49. The quantitative estimate of drug-likeness (QED) is 0.711. The largest absolute Gasteiger partial charge is 0.496 e. The van der Waals surface area contributed by atoms with Crippen LogP contribution in [0.4, 0.5) is 0 Å². The van der Waals surface area contributed by atoms with Crippen LogP contribution in [0.2, 0.25) is 5.02 Å². The number of halogens is 3. The first-order chi connectivity index (χ1) is 12.7. The van der Waals surface area contributed by atoms with E-state index in [0.29, 0.717) is 16.3 Å². The molecule has 2 aliphatic heterocycles. The highest BCUT2D eigenvalue weighted by Gasteiger charge is 2.28. The maximum absolute atomic E-state index is 13.4. The molecule has 3 rings (SSSR count). The molecule has 0 saturated carbocycles. The molecule has 1 atom stereocenters. The highest BCUT2D eigenvalue weighted by molar-refractivity contribution is 6.31. The second-order valence-electron chi connectivity index (χ2n) is 7.25. The van der Waals surface area contributed by atoms with E-state index in [4.69, 9.17) is 16.3 Å². The van der Waals surface area contributed by atoms with Crippen molar-refractivity contribution in [3.05, 3.63) is 28.8 Å². The highest BCUT2D eigenvalue weighted by atomic mass is 35.5. The second-order valence-corrected chi connectivity index (χ2v) is 7.68. The van der Waals surface area contributed by atoms with Crippen LogP contribution in [0.5, 0.6) is 5.75 Å². The Labute approximate surface area is 185 Å². The molecule has 8 heteroatoms. The lowest BCUT2D eigenvalue weighted by molar-refractivity contribution is 0.0609.